The van der Waals surface area contributed by atoms with Crippen LogP contribution in [0.3, 0.4) is 0 Å². The summed E-state index contributed by atoms with van der Waals surface area (Å²) in [5.74, 6) is -0.306. The van der Waals surface area contributed by atoms with E-state index in [0.717, 1.165) is 19.3 Å². The van der Waals surface area contributed by atoms with Gasteiger partial charge in [0.1, 0.15) is 17.4 Å². The Labute approximate surface area is 173 Å². The number of aliphatic hydroxyl groups excluding tert-OH is 2. The van der Waals surface area contributed by atoms with Crippen LogP contribution in [-0.2, 0) is 9.59 Å². The van der Waals surface area contributed by atoms with Crippen LogP contribution in [0.25, 0.3) is 0 Å². The van der Waals surface area contributed by atoms with Crippen LogP contribution >= 0.6 is 0 Å². The second kappa shape index (κ2) is 8.31. The molecule has 1 saturated carbocycles. The molecule has 0 radical (unpaired) electrons. The molecule has 2 fully saturated rings. The molecule has 3 aliphatic rings. The molecule has 5 nitrogen and oxygen atoms in total. The highest BCUT2D eigenvalue weighted by Crippen LogP contribution is 2.56. The lowest BCUT2D eigenvalue weighted by Gasteiger charge is -2.50. The van der Waals surface area contributed by atoms with Gasteiger partial charge in [0.2, 0.25) is 0 Å². The summed E-state index contributed by atoms with van der Waals surface area (Å²) in [6.07, 6.45) is 14.2. The van der Waals surface area contributed by atoms with Crippen molar-refractivity contribution in [2.75, 3.05) is 0 Å². The SMILES string of the molecule is C/C=C/C=C/[C@@H]1C=C[C@@H]2C[C@H](C)CC[C@@H]2[C@]1(C)/C(O)=C1/C(=O)N[C@H]([C@H](C)O)C1=O. The number of aliphatic hydroxyl groups is 2. The van der Waals surface area contributed by atoms with Crippen molar-refractivity contribution in [2.24, 2.45) is 29.1 Å². The lowest BCUT2D eigenvalue weighted by atomic mass is 9.54. The number of fused-ring (bicyclic) bond motifs is 1. The third kappa shape index (κ3) is 3.73. The molecule has 2 aliphatic carbocycles. The number of carbonyl (C=O) groups is 2. The van der Waals surface area contributed by atoms with E-state index in [1.165, 1.54) is 6.92 Å². The van der Waals surface area contributed by atoms with Crippen LogP contribution in [-0.4, -0.2) is 34.0 Å². The number of nitrogens with one attached hydrogen (secondary N) is 1. The molecule has 0 aromatic heterocycles. The maximum absolute atomic E-state index is 12.9. The van der Waals surface area contributed by atoms with Gasteiger partial charge in [-0.15, -0.1) is 0 Å². The maximum Gasteiger partial charge on any atom is 0.259 e. The second-order valence-corrected chi connectivity index (χ2v) is 9.07. The van der Waals surface area contributed by atoms with E-state index < -0.39 is 29.3 Å². The summed E-state index contributed by atoms with van der Waals surface area (Å²) in [5, 5.41) is 23.8. The molecule has 0 unspecified atom stereocenters. The molecule has 5 heteroatoms. The van der Waals surface area contributed by atoms with Gasteiger partial charge in [-0.3, -0.25) is 9.59 Å². The molecule has 1 saturated heterocycles. The molecular weight excluding hydrogens is 366 g/mol. The van der Waals surface area contributed by atoms with Crippen molar-refractivity contribution < 1.29 is 19.8 Å². The molecule has 1 amide bonds. The zero-order chi connectivity index (χ0) is 21.3. The molecule has 1 aliphatic heterocycles. The summed E-state index contributed by atoms with van der Waals surface area (Å²) in [4.78, 5) is 25.5. The monoisotopic (exact) mass is 399 g/mol. The van der Waals surface area contributed by atoms with Crippen molar-refractivity contribution in [1.29, 1.82) is 0 Å². The fraction of sp³-hybridized carbons (Fsp3) is 0.583. The van der Waals surface area contributed by atoms with Crippen molar-refractivity contribution in [1.82, 2.24) is 5.32 Å². The molecule has 0 aromatic rings. The van der Waals surface area contributed by atoms with Crippen molar-refractivity contribution in [2.45, 2.75) is 59.1 Å². The largest absolute Gasteiger partial charge is 0.511 e. The highest BCUT2D eigenvalue weighted by molar-refractivity contribution is 6.27. The minimum absolute atomic E-state index is 0.132. The first-order valence-electron chi connectivity index (χ1n) is 10.7. The lowest BCUT2D eigenvalue weighted by Crippen LogP contribution is -2.45. The van der Waals surface area contributed by atoms with Gasteiger partial charge in [-0.05, 0) is 44.4 Å². The topological polar surface area (TPSA) is 86.6 Å². The Morgan fingerprint density at radius 2 is 2.00 bits per heavy atom. The summed E-state index contributed by atoms with van der Waals surface area (Å²) in [5.41, 5.74) is -0.941. The summed E-state index contributed by atoms with van der Waals surface area (Å²) in [7, 11) is 0. The third-order valence-corrected chi connectivity index (χ3v) is 7.08. The van der Waals surface area contributed by atoms with E-state index >= 15 is 0 Å². The molecule has 0 spiro atoms. The fourth-order valence-corrected chi connectivity index (χ4v) is 5.36. The van der Waals surface area contributed by atoms with Crippen LogP contribution in [0, 0.1) is 29.1 Å². The van der Waals surface area contributed by atoms with Gasteiger partial charge in [0.05, 0.1) is 6.10 Å². The molecular formula is C24H33NO4. The number of hydrogen-bond donors (Lipinski definition) is 3. The Bertz CT molecular complexity index is 791. The first kappa shape index (κ1) is 21.6. The van der Waals surface area contributed by atoms with Gasteiger partial charge in [-0.2, -0.15) is 0 Å². The van der Waals surface area contributed by atoms with E-state index in [0.29, 0.717) is 11.8 Å². The molecule has 0 bridgehead atoms. The first-order valence-corrected chi connectivity index (χ1v) is 10.7. The summed E-state index contributed by atoms with van der Waals surface area (Å²) >= 11 is 0. The Kier molecular flexibility index (Phi) is 6.18. The van der Waals surface area contributed by atoms with Crippen molar-refractivity contribution in [3.8, 4) is 0 Å². The van der Waals surface area contributed by atoms with Gasteiger partial charge >= 0.3 is 0 Å². The average Bonchev–Trinajstić information content (AvgIpc) is 2.97. The quantitative estimate of drug-likeness (QED) is 0.222. The molecule has 158 valence electrons. The number of carbonyl (C=O) groups excluding carboxylic acids is 2. The van der Waals surface area contributed by atoms with E-state index in [1.807, 2.05) is 38.2 Å². The van der Waals surface area contributed by atoms with E-state index in [1.54, 1.807) is 0 Å². The van der Waals surface area contributed by atoms with Gasteiger partial charge in [0.15, 0.2) is 5.78 Å². The summed E-state index contributed by atoms with van der Waals surface area (Å²) in [6.45, 7) is 7.64. The van der Waals surface area contributed by atoms with Crippen LogP contribution < -0.4 is 5.32 Å². The van der Waals surface area contributed by atoms with Gasteiger partial charge in [0, 0.05) is 11.3 Å². The smallest absolute Gasteiger partial charge is 0.259 e. The average molecular weight is 400 g/mol. The van der Waals surface area contributed by atoms with Crippen LogP contribution in [0.1, 0.15) is 47.0 Å². The Morgan fingerprint density at radius 1 is 1.28 bits per heavy atom. The molecule has 1 heterocycles. The normalized spacial score (nSPS) is 40.4. The molecule has 3 N–H and O–H groups in total. The van der Waals surface area contributed by atoms with Gasteiger partial charge in [0.25, 0.3) is 5.91 Å². The Morgan fingerprint density at radius 3 is 2.62 bits per heavy atom. The lowest BCUT2D eigenvalue weighted by molar-refractivity contribution is -0.118. The number of Topliss-reactive ketones (excluding diaryl/α,β-unsaturated/α-hetero) is 1. The number of allylic oxidation sites excluding steroid dienone is 7. The zero-order valence-electron chi connectivity index (χ0n) is 17.8. The minimum atomic E-state index is -1.01. The predicted molar refractivity (Wildman–Crippen MR) is 113 cm³/mol. The highest BCUT2D eigenvalue weighted by Gasteiger charge is 2.53. The molecule has 0 aromatic carbocycles. The number of ketones is 1. The second-order valence-electron chi connectivity index (χ2n) is 9.07. The first-order chi connectivity index (χ1) is 13.7. The molecule has 7 atom stereocenters. The standard InChI is InChI=1S/C24H33NO4/c1-5-6-7-8-17-11-10-16-13-14(2)9-12-18(16)24(17,4)22(28)19-21(27)20(15(3)26)25-23(19)29/h5-8,10-11,14-18,20,26,28H,9,12-13H2,1-4H3,(H,25,29)/b6-5+,8-7+,22-19-/t14-,15+,16-,17-,18+,20-,24-/m1/s1. The van der Waals surface area contributed by atoms with Crippen molar-refractivity contribution >= 4 is 11.7 Å². The van der Waals surface area contributed by atoms with E-state index in [4.69, 9.17) is 0 Å². The Hall–Kier alpha value is -2.14. The minimum Gasteiger partial charge on any atom is -0.511 e. The van der Waals surface area contributed by atoms with Crippen LogP contribution in [0.5, 0.6) is 0 Å². The van der Waals surface area contributed by atoms with E-state index in [9.17, 15) is 19.8 Å². The molecule has 3 rings (SSSR count). The predicted octanol–water partition coefficient (Wildman–Crippen LogP) is 3.62. The number of hydrogen-bond acceptors (Lipinski definition) is 4. The fourth-order valence-electron chi connectivity index (χ4n) is 5.36. The summed E-state index contributed by atoms with van der Waals surface area (Å²) in [6, 6.07) is -0.999. The van der Waals surface area contributed by atoms with Crippen LogP contribution in [0.2, 0.25) is 0 Å². The zero-order valence-corrected chi connectivity index (χ0v) is 17.8. The van der Waals surface area contributed by atoms with Crippen molar-refractivity contribution in [3.63, 3.8) is 0 Å². The summed E-state index contributed by atoms with van der Waals surface area (Å²) < 4.78 is 0. The van der Waals surface area contributed by atoms with E-state index in [-0.39, 0.29) is 23.2 Å². The third-order valence-electron chi connectivity index (χ3n) is 7.08. The number of amides is 1. The van der Waals surface area contributed by atoms with Gasteiger partial charge in [-0.1, -0.05) is 56.7 Å². The van der Waals surface area contributed by atoms with Gasteiger partial charge in [-0.25, -0.2) is 0 Å². The maximum atomic E-state index is 12.9. The highest BCUT2D eigenvalue weighted by atomic mass is 16.3. The van der Waals surface area contributed by atoms with Crippen LogP contribution in [0.15, 0.2) is 47.8 Å². The van der Waals surface area contributed by atoms with Crippen molar-refractivity contribution in [3.05, 3.63) is 47.8 Å². The van der Waals surface area contributed by atoms with Gasteiger partial charge < -0.3 is 15.5 Å². The Balaban J connectivity index is 2.11. The van der Waals surface area contributed by atoms with Crippen LogP contribution in [0.4, 0.5) is 0 Å². The molecule has 29 heavy (non-hydrogen) atoms. The number of rotatable bonds is 4. The van der Waals surface area contributed by atoms with E-state index in [2.05, 4.69) is 24.4 Å².